The van der Waals surface area contributed by atoms with E-state index in [2.05, 4.69) is 38.8 Å². The molecule has 1 atom stereocenters. The number of aryl methyl sites for hydroxylation is 1. The van der Waals surface area contributed by atoms with E-state index in [1.165, 1.54) is 11.8 Å². The Kier molecular flexibility index (Phi) is 7.45. The molecule has 8 N–H and O–H groups in total. The number of hydrogen-bond donors (Lipinski definition) is 5. The van der Waals surface area contributed by atoms with Gasteiger partial charge in [0, 0.05) is 30.0 Å². The predicted octanol–water partition coefficient (Wildman–Crippen LogP) is 3.30. The quantitative estimate of drug-likeness (QED) is 0.298. The summed E-state index contributed by atoms with van der Waals surface area (Å²) in [6.45, 7) is 1.68. The van der Waals surface area contributed by atoms with Crippen molar-refractivity contribution in [2.75, 3.05) is 31.6 Å². The van der Waals surface area contributed by atoms with Crippen LogP contribution in [0.1, 0.15) is 41.6 Å². The number of hydrogen-bond acceptors (Lipinski definition) is 9. The Labute approximate surface area is 235 Å². The normalized spacial score (nSPS) is 19.9. The number of fused-ring (bicyclic) bond motifs is 1. The Morgan fingerprint density at radius 1 is 1.16 bits per heavy atom. The number of nitrogens with zero attached hydrogens (tertiary/aromatic N) is 3. The zero-order chi connectivity index (χ0) is 27.1. The molecule has 5 rings (SSSR count). The minimum Gasteiger partial charge on any atom is -0.382 e. The van der Waals surface area contributed by atoms with Crippen LogP contribution >= 0.6 is 35.0 Å². The first-order valence-corrected chi connectivity index (χ1v) is 14.0. The molecule has 12 heteroatoms. The lowest BCUT2D eigenvalue weighted by atomic mass is 9.63. The van der Waals surface area contributed by atoms with Crippen molar-refractivity contribution in [3.63, 3.8) is 0 Å². The van der Waals surface area contributed by atoms with Gasteiger partial charge in [-0.15, -0.1) is 0 Å². The van der Waals surface area contributed by atoms with E-state index in [0.717, 1.165) is 49.0 Å². The maximum absolute atomic E-state index is 11.9. The van der Waals surface area contributed by atoms with Gasteiger partial charge in [0.15, 0.2) is 11.0 Å². The van der Waals surface area contributed by atoms with E-state index in [1.54, 1.807) is 19.3 Å². The van der Waals surface area contributed by atoms with Crippen LogP contribution in [0.25, 0.3) is 0 Å². The summed E-state index contributed by atoms with van der Waals surface area (Å²) in [6.07, 6.45) is 5.07. The first kappa shape index (κ1) is 27.0. The van der Waals surface area contributed by atoms with Crippen LogP contribution in [0.15, 0.2) is 40.4 Å². The highest BCUT2D eigenvalue weighted by Gasteiger charge is 2.58. The number of rotatable bonds is 6. The molecule has 1 fully saturated rings. The molecule has 9 nitrogen and oxygen atoms in total. The van der Waals surface area contributed by atoms with Crippen molar-refractivity contribution in [2.45, 2.75) is 47.6 Å². The lowest BCUT2D eigenvalue weighted by Crippen LogP contribution is -2.56. The number of piperidine rings is 1. The number of carbonyl (C=O) groups excluding carboxylic acids is 1. The average molecular weight is 574 g/mol. The summed E-state index contributed by atoms with van der Waals surface area (Å²) in [5.74, 6) is 0.415. The summed E-state index contributed by atoms with van der Waals surface area (Å²) in [5, 5.41) is 7.05. The van der Waals surface area contributed by atoms with Gasteiger partial charge in [0.25, 0.3) is 0 Å². The van der Waals surface area contributed by atoms with Crippen molar-refractivity contribution in [3.05, 3.63) is 63.0 Å². The second-order valence-corrected chi connectivity index (χ2v) is 11.6. The van der Waals surface area contributed by atoms with Gasteiger partial charge in [-0.25, -0.2) is 15.0 Å². The first-order valence-electron chi connectivity index (χ1n) is 12.4. The number of nitrogen functional groups attached to an aromatic ring is 2. The van der Waals surface area contributed by atoms with E-state index < -0.39 is 5.54 Å². The van der Waals surface area contributed by atoms with Gasteiger partial charge in [-0.05, 0) is 61.5 Å². The lowest BCUT2D eigenvalue weighted by Gasteiger charge is -2.46. The van der Waals surface area contributed by atoms with Gasteiger partial charge in [0.2, 0.25) is 5.91 Å². The monoisotopic (exact) mass is 572 g/mol. The third kappa shape index (κ3) is 4.58. The fraction of sp³-hybridized carbons (Fsp3) is 0.385. The molecule has 0 bridgehead atoms. The number of halogens is 2. The Balaban J connectivity index is 1.59. The highest BCUT2D eigenvalue weighted by atomic mass is 35.5. The van der Waals surface area contributed by atoms with E-state index in [0.29, 0.717) is 33.5 Å². The fourth-order valence-corrected chi connectivity index (χ4v) is 7.06. The maximum atomic E-state index is 11.9. The maximum Gasteiger partial charge on any atom is 0.220 e. The SMILES string of the molecule is CNC(=O)CCc1ccc2c(c1)[C@](N)(c1nc(N)c(Sc3ccnc(N)c3Cl)nc1Cl)C1(CCNCC1)C2. The smallest absolute Gasteiger partial charge is 0.220 e. The Morgan fingerprint density at radius 3 is 2.66 bits per heavy atom. The second kappa shape index (κ2) is 10.5. The number of nitrogens with two attached hydrogens (primary N) is 3. The minimum atomic E-state index is -1.01. The molecule has 2 aromatic heterocycles. The Hall–Kier alpha value is -2.63. The van der Waals surface area contributed by atoms with Crippen LogP contribution in [0, 0.1) is 5.41 Å². The number of amides is 1. The van der Waals surface area contributed by atoms with Gasteiger partial charge < -0.3 is 27.8 Å². The van der Waals surface area contributed by atoms with Crippen LogP contribution in [0.3, 0.4) is 0 Å². The number of pyridine rings is 1. The Morgan fingerprint density at radius 2 is 1.92 bits per heavy atom. The molecule has 1 aromatic carbocycles. The third-order valence-corrected chi connectivity index (χ3v) is 9.58. The number of benzene rings is 1. The molecule has 200 valence electrons. The zero-order valence-corrected chi connectivity index (χ0v) is 23.3. The van der Waals surface area contributed by atoms with Crippen LogP contribution in [-0.2, 0) is 23.2 Å². The topological polar surface area (TPSA) is 158 Å². The van der Waals surface area contributed by atoms with Gasteiger partial charge in [0.05, 0.1) is 10.6 Å². The van der Waals surface area contributed by atoms with Gasteiger partial charge in [-0.3, -0.25) is 4.79 Å². The Bertz CT molecular complexity index is 1400. The highest BCUT2D eigenvalue weighted by molar-refractivity contribution is 7.99. The molecule has 1 amide bonds. The molecule has 0 unspecified atom stereocenters. The summed E-state index contributed by atoms with van der Waals surface area (Å²) in [7, 11) is 1.64. The van der Waals surface area contributed by atoms with Crippen molar-refractivity contribution in [1.29, 1.82) is 0 Å². The average Bonchev–Trinajstić information content (AvgIpc) is 3.14. The molecular weight excluding hydrogens is 543 g/mol. The van der Waals surface area contributed by atoms with E-state index in [1.807, 2.05) is 0 Å². The van der Waals surface area contributed by atoms with Crippen molar-refractivity contribution >= 4 is 52.5 Å². The molecular formula is C26H30Cl2N8OS. The molecule has 0 radical (unpaired) electrons. The molecule has 1 aliphatic carbocycles. The van der Waals surface area contributed by atoms with Crippen LogP contribution in [-0.4, -0.2) is 41.0 Å². The fourth-order valence-electron chi connectivity index (χ4n) is 5.69. The van der Waals surface area contributed by atoms with Gasteiger partial charge in [-0.1, -0.05) is 53.2 Å². The van der Waals surface area contributed by atoms with E-state index in [9.17, 15) is 4.79 Å². The van der Waals surface area contributed by atoms with E-state index in [-0.39, 0.29) is 28.1 Å². The molecule has 2 aliphatic rings. The van der Waals surface area contributed by atoms with E-state index in [4.69, 9.17) is 45.4 Å². The minimum absolute atomic E-state index is 0.00911. The zero-order valence-electron chi connectivity index (χ0n) is 21.0. The molecule has 1 aliphatic heterocycles. The summed E-state index contributed by atoms with van der Waals surface area (Å²) in [4.78, 5) is 26.0. The van der Waals surface area contributed by atoms with Crippen LogP contribution < -0.4 is 27.8 Å². The molecule has 1 spiro atoms. The summed E-state index contributed by atoms with van der Waals surface area (Å²) in [6, 6.07) is 8.03. The number of anilines is 2. The van der Waals surface area contributed by atoms with E-state index >= 15 is 0 Å². The van der Waals surface area contributed by atoms with Gasteiger partial charge in [-0.2, -0.15) is 0 Å². The van der Waals surface area contributed by atoms with Gasteiger partial charge >= 0.3 is 0 Å². The summed E-state index contributed by atoms with van der Waals surface area (Å²) in [5.41, 5.74) is 22.1. The summed E-state index contributed by atoms with van der Waals surface area (Å²) >= 11 is 14.4. The molecule has 0 saturated carbocycles. The van der Waals surface area contributed by atoms with Gasteiger partial charge in [0.1, 0.15) is 16.5 Å². The van der Waals surface area contributed by atoms with Crippen LogP contribution in [0.5, 0.6) is 0 Å². The number of aromatic nitrogens is 3. The van der Waals surface area contributed by atoms with Crippen LogP contribution in [0.2, 0.25) is 10.2 Å². The molecule has 1 saturated heterocycles. The largest absolute Gasteiger partial charge is 0.382 e. The second-order valence-electron chi connectivity index (χ2n) is 9.84. The first-order chi connectivity index (χ1) is 18.2. The molecule has 3 heterocycles. The van der Waals surface area contributed by atoms with Crippen molar-refractivity contribution in [1.82, 2.24) is 25.6 Å². The lowest BCUT2D eigenvalue weighted by molar-refractivity contribution is -0.120. The number of nitrogens with one attached hydrogen (secondary N) is 2. The number of carbonyl (C=O) groups is 1. The predicted molar refractivity (Wildman–Crippen MR) is 151 cm³/mol. The molecule has 3 aromatic rings. The van der Waals surface area contributed by atoms with Crippen molar-refractivity contribution < 1.29 is 4.79 Å². The molecule has 38 heavy (non-hydrogen) atoms. The van der Waals surface area contributed by atoms with Crippen molar-refractivity contribution in [3.8, 4) is 0 Å². The highest BCUT2D eigenvalue weighted by Crippen LogP contribution is 2.57. The standard InChI is InChI=1S/C26H30Cl2N8OS/c1-32-18(37)5-3-14-2-4-15-13-25(7-10-33-11-8-25)26(31,16(15)12-14)20-21(28)36-24(23(30)35-20)38-17-6-9-34-22(29)19(17)27/h2,4,6,9,12,33H,3,5,7-8,10-11,13,31H2,1H3,(H2,29,34)(H2,30,35)(H,32,37)/t26-/m0/s1. The van der Waals surface area contributed by atoms with Crippen molar-refractivity contribution in [2.24, 2.45) is 11.1 Å². The summed E-state index contributed by atoms with van der Waals surface area (Å²) < 4.78 is 0. The third-order valence-electron chi connectivity index (χ3n) is 7.75. The van der Waals surface area contributed by atoms with Crippen LogP contribution in [0.4, 0.5) is 11.6 Å².